The Morgan fingerprint density at radius 3 is 2.67 bits per heavy atom. The van der Waals surface area contributed by atoms with E-state index in [0.29, 0.717) is 10.7 Å². The molecule has 2 aromatic rings. The van der Waals surface area contributed by atoms with Gasteiger partial charge in [0.2, 0.25) is 0 Å². The van der Waals surface area contributed by atoms with Gasteiger partial charge in [0.1, 0.15) is 0 Å². The molecule has 0 aliphatic rings. The fourth-order valence-electron chi connectivity index (χ4n) is 1.47. The van der Waals surface area contributed by atoms with Gasteiger partial charge in [-0.3, -0.25) is 10.1 Å². The lowest BCUT2D eigenvalue weighted by molar-refractivity contribution is -0.112. The minimum absolute atomic E-state index is 0.117. The van der Waals surface area contributed by atoms with E-state index < -0.39 is 0 Å². The molecule has 0 atom stereocenters. The van der Waals surface area contributed by atoms with Gasteiger partial charge in [-0.15, -0.1) is 11.3 Å². The molecule has 1 aromatic carbocycles. The van der Waals surface area contributed by atoms with Crippen LogP contribution in [-0.4, -0.2) is 10.9 Å². The molecule has 0 aliphatic carbocycles. The summed E-state index contributed by atoms with van der Waals surface area (Å²) in [6.07, 6.45) is 1.86. The van der Waals surface area contributed by atoms with Crippen molar-refractivity contribution in [1.29, 1.82) is 0 Å². The number of nitrogens with zero attached hydrogens (tertiary/aromatic N) is 1. The Labute approximate surface area is 110 Å². The van der Waals surface area contributed by atoms with Crippen LogP contribution in [0.2, 0.25) is 0 Å². The van der Waals surface area contributed by atoms with Crippen LogP contribution < -0.4 is 5.32 Å². The quantitative estimate of drug-likeness (QED) is 0.856. The predicted octanol–water partition coefficient (Wildman–Crippen LogP) is 3.49. The molecule has 3 nitrogen and oxygen atoms in total. The van der Waals surface area contributed by atoms with E-state index in [9.17, 15) is 4.79 Å². The van der Waals surface area contributed by atoms with Gasteiger partial charge in [-0.25, -0.2) is 4.98 Å². The molecule has 2 rings (SSSR count). The van der Waals surface area contributed by atoms with Crippen molar-refractivity contribution in [3.8, 4) is 0 Å². The molecule has 0 saturated heterocycles. The first-order chi connectivity index (χ1) is 8.65. The number of carbonyl (C=O) groups is 1. The van der Waals surface area contributed by atoms with E-state index in [2.05, 4.69) is 10.3 Å². The van der Waals surface area contributed by atoms with Crippen molar-refractivity contribution in [2.75, 3.05) is 5.32 Å². The predicted molar refractivity (Wildman–Crippen MR) is 75.6 cm³/mol. The zero-order valence-corrected chi connectivity index (χ0v) is 11.1. The standard InChI is InChI=1S/C14H14N2OS/c1-10(8-12-6-4-3-5-7-12)13(17)16-14-15-11(2)9-18-14/h3-9H,1-2H3,(H,15,16,17). The van der Waals surface area contributed by atoms with Gasteiger partial charge < -0.3 is 0 Å². The number of nitrogens with one attached hydrogen (secondary N) is 1. The highest BCUT2D eigenvalue weighted by molar-refractivity contribution is 7.13. The lowest BCUT2D eigenvalue weighted by Crippen LogP contribution is -2.12. The van der Waals surface area contributed by atoms with Crippen molar-refractivity contribution in [3.05, 3.63) is 52.5 Å². The number of amides is 1. The fraction of sp³-hybridized carbons (Fsp3) is 0.143. The summed E-state index contributed by atoms with van der Waals surface area (Å²) in [5, 5.41) is 5.33. The van der Waals surface area contributed by atoms with E-state index in [1.54, 1.807) is 6.92 Å². The Morgan fingerprint density at radius 1 is 1.33 bits per heavy atom. The van der Waals surface area contributed by atoms with Gasteiger partial charge in [0.05, 0.1) is 5.69 Å². The molecule has 0 fully saturated rings. The molecule has 0 bridgehead atoms. The summed E-state index contributed by atoms with van der Waals surface area (Å²) in [5.74, 6) is -0.117. The van der Waals surface area contributed by atoms with Crippen LogP contribution in [0.4, 0.5) is 5.13 Å². The average molecular weight is 258 g/mol. The van der Waals surface area contributed by atoms with Gasteiger partial charge in [-0.2, -0.15) is 0 Å². The first kappa shape index (κ1) is 12.5. The van der Waals surface area contributed by atoms with Crippen LogP contribution in [0.1, 0.15) is 18.2 Å². The monoisotopic (exact) mass is 258 g/mol. The SMILES string of the molecule is CC(=Cc1ccccc1)C(=O)Nc1nc(C)cs1. The second-order valence-corrected chi connectivity index (χ2v) is 4.84. The Kier molecular flexibility index (Phi) is 3.89. The van der Waals surface area contributed by atoms with E-state index in [0.717, 1.165) is 11.3 Å². The molecular weight excluding hydrogens is 244 g/mol. The van der Waals surface area contributed by atoms with Crippen LogP contribution in [0.3, 0.4) is 0 Å². The van der Waals surface area contributed by atoms with Gasteiger partial charge in [0, 0.05) is 11.0 Å². The zero-order valence-electron chi connectivity index (χ0n) is 10.3. The highest BCUT2D eigenvalue weighted by Crippen LogP contribution is 2.16. The summed E-state index contributed by atoms with van der Waals surface area (Å²) in [4.78, 5) is 16.1. The summed E-state index contributed by atoms with van der Waals surface area (Å²) in [6, 6.07) is 9.77. The number of anilines is 1. The van der Waals surface area contributed by atoms with Crippen molar-refractivity contribution in [3.63, 3.8) is 0 Å². The van der Waals surface area contributed by atoms with Crippen LogP contribution in [0, 0.1) is 6.92 Å². The lowest BCUT2D eigenvalue weighted by Gasteiger charge is -2.01. The van der Waals surface area contributed by atoms with E-state index in [1.807, 2.05) is 48.7 Å². The molecule has 18 heavy (non-hydrogen) atoms. The Balaban J connectivity index is 2.07. The van der Waals surface area contributed by atoms with Crippen molar-refractivity contribution >= 4 is 28.5 Å². The van der Waals surface area contributed by atoms with Crippen LogP contribution >= 0.6 is 11.3 Å². The number of benzene rings is 1. The smallest absolute Gasteiger partial charge is 0.253 e. The molecule has 1 heterocycles. The van der Waals surface area contributed by atoms with Gasteiger partial charge in [-0.05, 0) is 25.5 Å². The third-order valence-electron chi connectivity index (χ3n) is 2.38. The molecule has 1 aromatic heterocycles. The van der Waals surface area contributed by atoms with Crippen LogP contribution in [0.25, 0.3) is 6.08 Å². The number of thiazole rings is 1. The van der Waals surface area contributed by atoms with Gasteiger partial charge in [0.25, 0.3) is 5.91 Å². The molecule has 92 valence electrons. The Hall–Kier alpha value is -1.94. The summed E-state index contributed by atoms with van der Waals surface area (Å²) in [7, 11) is 0. The fourth-order valence-corrected chi connectivity index (χ4v) is 2.16. The van der Waals surface area contributed by atoms with Crippen molar-refractivity contribution < 1.29 is 4.79 Å². The number of hydrogen-bond donors (Lipinski definition) is 1. The average Bonchev–Trinajstić information content (AvgIpc) is 2.76. The zero-order chi connectivity index (χ0) is 13.0. The van der Waals surface area contributed by atoms with E-state index in [-0.39, 0.29) is 5.91 Å². The van der Waals surface area contributed by atoms with Gasteiger partial charge in [-0.1, -0.05) is 30.3 Å². The summed E-state index contributed by atoms with van der Waals surface area (Å²) in [5.41, 5.74) is 2.59. The van der Waals surface area contributed by atoms with Crippen molar-refractivity contribution in [2.45, 2.75) is 13.8 Å². The van der Waals surface area contributed by atoms with E-state index in [4.69, 9.17) is 0 Å². The minimum atomic E-state index is -0.117. The number of hydrogen-bond acceptors (Lipinski definition) is 3. The van der Waals surface area contributed by atoms with Gasteiger partial charge >= 0.3 is 0 Å². The summed E-state index contributed by atoms with van der Waals surface area (Å²) in [6.45, 7) is 3.70. The summed E-state index contributed by atoms with van der Waals surface area (Å²) < 4.78 is 0. The molecular formula is C14H14N2OS. The van der Waals surface area contributed by atoms with Crippen molar-refractivity contribution in [1.82, 2.24) is 4.98 Å². The van der Waals surface area contributed by atoms with Crippen LogP contribution in [0.15, 0.2) is 41.3 Å². The van der Waals surface area contributed by atoms with E-state index >= 15 is 0 Å². The van der Waals surface area contributed by atoms with Crippen LogP contribution in [-0.2, 0) is 4.79 Å². The van der Waals surface area contributed by atoms with Gasteiger partial charge in [0.15, 0.2) is 5.13 Å². The lowest BCUT2D eigenvalue weighted by atomic mass is 10.1. The molecule has 1 amide bonds. The normalized spacial score (nSPS) is 11.3. The molecule has 1 N–H and O–H groups in total. The number of aromatic nitrogens is 1. The third-order valence-corrected chi connectivity index (χ3v) is 3.26. The summed E-state index contributed by atoms with van der Waals surface area (Å²) >= 11 is 1.43. The Morgan fingerprint density at radius 2 is 2.06 bits per heavy atom. The topological polar surface area (TPSA) is 42.0 Å². The highest BCUT2D eigenvalue weighted by atomic mass is 32.1. The molecule has 0 unspecified atom stereocenters. The molecule has 0 saturated carbocycles. The second kappa shape index (κ2) is 5.60. The maximum atomic E-state index is 11.9. The molecule has 0 aliphatic heterocycles. The molecule has 0 spiro atoms. The maximum absolute atomic E-state index is 11.9. The minimum Gasteiger partial charge on any atom is -0.298 e. The number of aryl methyl sites for hydroxylation is 1. The first-order valence-electron chi connectivity index (χ1n) is 5.62. The van der Waals surface area contributed by atoms with Crippen LogP contribution in [0.5, 0.6) is 0 Å². The highest BCUT2D eigenvalue weighted by Gasteiger charge is 2.07. The first-order valence-corrected chi connectivity index (χ1v) is 6.50. The Bertz CT molecular complexity index is 572. The maximum Gasteiger partial charge on any atom is 0.253 e. The van der Waals surface area contributed by atoms with E-state index in [1.165, 1.54) is 11.3 Å². The largest absolute Gasteiger partial charge is 0.298 e. The number of carbonyl (C=O) groups excluding carboxylic acids is 1. The third kappa shape index (κ3) is 3.28. The second-order valence-electron chi connectivity index (χ2n) is 3.99. The van der Waals surface area contributed by atoms with Crippen molar-refractivity contribution in [2.24, 2.45) is 0 Å². The molecule has 4 heteroatoms. The number of rotatable bonds is 3. The molecule has 0 radical (unpaired) electrons.